The Bertz CT molecular complexity index is 804. The molecule has 9 heteroatoms. The fourth-order valence-corrected chi connectivity index (χ4v) is 6.48. The maximum absolute atomic E-state index is 12.8. The Kier molecular flexibility index (Phi) is 31.7. The van der Waals surface area contributed by atoms with Crippen LogP contribution in [0.1, 0.15) is 181 Å². The maximum Gasteiger partial charge on any atom is 0.472 e. The molecular formula is C39H80N2O6P+. The molecule has 0 aromatic rings. The van der Waals surface area contributed by atoms with Crippen molar-refractivity contribution in [2.75, 3.05) is 40.9 Å². The van der Waals surface area contributed by atoms with Gasteiger partial charge in [0, 0.05) is 6.42 Å². The van der Waals surface area contributed by atoms with E-state index in [-0.39, 0.29) is 19.1 Å². The maximum atomic E-state index is 12.8. The predicted octanol–water partition coefficient (Wildman–Crippen LogP) is 10.4. The predicted molar refractivity (Wildman–Crippen MR) is 203 cm³/mol. The zero-order chi connectivity index (χ0) is 35.8. The molecule has 1 amide bonds. The summed E-state index contributed by atoms with van der Waals surface area (Å²) in [6.07, 6.45) is 34.1. The molecule has 3 N–H and O–H groups in total. The van der Waals surface area contributed by atoms with Gasteiger partial charge in [-0.25, -0.2) is 4.57 Å². The number of rotatable bonds is 36. The summed E-state index contributed by atoms with van der Waals surface area (Å²) < 4.78 is 23.5. The highest BCUT2D eigenvalue weighted by atomic mass is 31.2. The summed E-state index contributed by atoms with van der Waals surface area (Å²) >= 11 is 0. The van der Waals surface area contributed by atoms with E-state index < -0.39 is 20.0 Å². The molecule has 0 aromatic carbocycles. The van der Waals surface area contributed by atoms with Crippen molar-refractivity contribution in [3.8, 4) is 0 Å². The first-order valence-electron chi connectivity index (χ1n) is 20.1. The number of aliphatic hydroxyl groups excluding tert-OH is 1. The van der Waals surface area contributed by atoms with Crippen LogP contribution in [0.3, 0.4) is 0 Å². The van der Waals surface area contributed by atoms with Gasteiger partial charge in [-0.1, -0.05) is 167 Å². The lowest BCUT2D eigenvalue weighted by atomic mass is 10.0. The van der Waals surface area contributed by atoms with Gasteiger partial charge in [-0.15, -0.1) is 0 Å². The molecular weight excluding hydrogens is 623 g/mol. The lowest BCUT2D eigenvalue weighted by Gasteiger charge is -2.25. The number of likely N-dealkylation sites (N-methyl/N-ethyl adjacent to an activating group) is 1. The molecule has 0 radical (unpaired) electrons. The number of nitrogens with one attached hydrogen (secondary N) is 1. The number of phosphoric ester groups is 1. The molecule has 0 aliphatic rings. The van der Waals surface area contributed by atoms with Crippen LogP contribution in [0.2, 0.25) is 0 Å². The summed E-state index contributed by atoms with van der Waals surface area (Å²) in [5.41, 5.74) is 0. The van der Waals surface area contributed by atoms with Crippen LogP contribution in [0.4, 0.5) is 0 Å². The quantitative estimate of drug-likeness (QED) is 0.0260. The molecule has 48 heavy (non-hydrogen) atoms. The lowest BCUT2D eigenvalue weighted by molar-refractivity contribution is -0.870. The second-order valence-corrected chi connectivity index (χ2v) is 16.5. The first-order valence-corrected chi connectivity index (χ1v) is 21.6. The third-order valence-electron chi connectivity index (χ3n) is 9.01. The first-order chi connectivity index (χ1) is 23.0. The number of quaternary nitrogens is 1. The van der Waals surface area contributed by atoms with Crippen molar-refractivity contribution in [1.82, 2.24) is 5.32 Å². The minimum absolute atomic E-state index is 0.0643. The van der Waals surface area contributed by atoms with Crippen molar-refractivity contribution in [2.45, 2.75) is 193 Å². The summed E-state index contributed by atoms with van der Waals surface area (Å²) in [4.78, 5) is 23.0. The van der Waals surface area contributed by atoms with Crippen LogP contribution in [0.25, 0.3) is 0 Å². The monoisotopic (exact) mass is 704 g/mol. The Hall–Kier alpha value is -0.760. The highest BCUT2D eigenvalue weighted by molar-refractivity contribution is 7.47. The Morgan fingerprint density at radius 2 is 1.10 bits per heavy atom. The SMILES string of the molecule is CCCCCCCCCCCCC/C=C/[C@@H](O)[C@@H](COP(=O)(O)OCC[N+](C)(C)C)NC(=O)CCCCCCCCCCCCCCC. The van der Waals surface area contributed by atoms with E-state index in [4.69, 9.17) is 9.05 Å². The fourth-order valence-electron chi connectivity index (χ4n) is 5.75. The van der Waals surface area contributed by atoms with Crippen molar-refractivity contribution < 1.29 is 32.9 Å². The fraction of sp³-hybridized carbons (Fsp3) is 0.923. The highest BCUT2D eigenvalue weighted by Gasteiger charge is 2.27. The normalized spacial score (nSPS) is 14.7. The second kappa shape index (κ2) is 32.2. The molecule has 0 bridgehead atoms. The standard InChI is InChI=1S/C39H79N2O6P/c1-6-8-10-12-14-16-18-20-22-24-26-28-30-32-38(42)37(36-47-48(44,45)46-35-34-41(3,4)5)40-39(43)33-31-29-27-25-23-21-19-17-15-13-11-9-7-2/h30,32,37-38,42H,6-29,31,33-36H2,1-5H3,(H-,40,43,44,45)/p+1/b32-30+/t37-,38-/m1/s1. The van der Waals surface area contributed by atoms with Gasteiger partial charge >= 0.3 is 7.82 Å². The molecule has 0 aliphatic heterocycles. The minimum atomic E-state index is -4.32. The third-order valence-corrected chi connectivity index (χ3v) is 9.99. The van der Waals surface area contributed by atoms with Gasteiger partial charge < -0.3 is 19.8 Å². The highest BCUT2D eigenvalue weighted by Crippen LogP contribution is 2.43. The number of aliphatic hydroxyl groups is 1. The van der Waals surface area contributed by atoms with Crippen molar-refractivity contribution in [1.29, 1.82) is 0 Å². The second-order valence-electron chi connectivity index (χ2n) is 15.0. The van der Waals surface area contributed by atoms with E-state index in [1.165, 1.54) is 122 Å². The van der Waals surface area contributed by atoms with E-state index in [1.54, 1.807) is 6.08 Å². The molecule has 0 heterocycles. The van der Waals surface area contributed by atoms with Crippen molar-refractivity contribution in [3.05, 3.63) is 12.2 Å². The van der Waals surface area contributed by atoms with Crippen LogP contribution in [0, 0.1) is 0 Å². The summed E-state index contributed by atoms with van der Waals surface area (Å²) in [6.45, 7) is 4.80. The average Bonchev–Trinajstić information content (AvgIpc) is 3.02. The molecule has 0 spiro atoms. The summed E-state index contributed by atoms with van der Waals surface area (Å²) in [6, 6.07) is -0.837. The molecule has 1 unspecified atom stereocenters. The number of nitrogens with zero attached hydrogens (tertiary/aromatic N) is 1. The van der Waals surface area contributed by atoms with Crippen molar-refractivity contribution >= 4 is 13.7 Å². The van der Waals surface area contributed by atoms with E-state index >= 15 is 0 Å². The molecule has 0 rings (SSSR count). The van der Waals surface area contributed by atoms with E-state index in [0.717, 1.165) is 38.5 Å². The molecule has 0 aliphatic carbocycles. The van der Waals surface area contributed by atoms with Gasteiger partial charge in [-0.3, -0.25) is 13.8 Å². The molecule has 3 atom stereocenters. The zero-order valence-corrected chi connectivity index (χ0v) is 33.1. The number of hydrogen-bond acceptors (Lipinski definition) is 5. The number of unbranched alkanes of at least 4 members (excludes halogenated alkanes) is 23. The Labute approximate surface area is 297 Å². The zero-order valence-electron chi connectivity index (χ0n) is 32.2. The van der Waals surface area contributed by atoms with Gasteiger partial charge in [0.1, 0.15) is 13.2 Å². The molecule has 0 saturated heterocycles. The molecule has 0 aromatic heterocycles. The van der Waals surface area contributed by atoms with Gasteiger partial charge in [-0.2, -0.15) is 0 Å². The molecule has 0 saturated carbocycles. The van der Waals surface area contributed by atoms with Crippen LogP contribution >= 0.6 is 7.82 Å². The number of amides is 1. The van der Waals surface area contributed by atoms with Crippen LogP contribution in [0.5, 0.6) is 0 Å². The Morgan fingerprint density at radius 1 is 0.688 bits per heavy atom. The number of allylic oxidation sites excluding steroid dienone is 1. The summed E-state index contributed by atoms with van der Waals surface area (Å²) in [5.74, 6) is -0.178. The minimum Gasteiger partial charge on any atom is -0.387 e. The molecule has 286 valence electrons. The average molecular weight is 704 g/mol. The van der Waals surface area contributed by atoms with Gasteiger partial charge in [0.2, 0.25) is 5.91 Å². The van der Waals surface area contributed by atoms with Crippen molar-refractivity contribution in [2.24, 2.45) is 0 Å². The third kappa shape index (κ3) is 33.7. The Morgan fingerprint density at radius 3 is 1.54 bits per heavy atom. The summed E-state index contributed by atoms with van der Waals surface area (Å²) in [5, 5.41) is 13.8. The number of hydrogen-bond donors (Lipinski definition) is 3. The molecule has 0 fully saturated rings. The first kappa shape index (κ1) is 47.2. The van der Waals surface area contributed by atoms with Gasteiger partial charge in [0.05, 0.1) is 39.9 Å². The van der Waals surface area contributed by atoms with Gasteiger partial charge in [0.25, 0.3) is 0 Å². The van der Waals surface area contributed by atoms with Crippen LogP contribution in [0.15, 0.2) is 12.2 Å². The number of carbonyl (C=O) groups is 1. The van der Waals surface area contributed by atoms with Crippen molar-refractivity contribution in [3.63, 3.8) is 0 Å². The lowest BCUT2D eigenvalue weighted by Crippen LogP contribution is -2.45. The summed E-state index contributed by atoms with van der Waals surface area (Å²) in [7, 11) is 1.58. The largest absolute Gasteiger partial charge is 0.472 e. The van der Waals surface area contributed by atoms with Gasteiger partial charge in [-0.05, 0) is 19.3 Å². The topological polar surface area (TPSA) is 105 Å². The Balaban J connectivity index is 4.50. The van der Waals surface area contributed by atoms with E-state index in [1.807, 2.05) is 27.2 Å². The van der Waals surface area contributed by atoms with E-state index in [2.05, 4.69) is 19.2 Å². The van der Waals surface area contributed by atoms with Crippen LogP contribution < -0.4 is 5.32 Å². The van der Waals surface area contributed by atoms with Crippen LogP contribution in [-0.4, -0.2) is 73.4 Å². The smallest absolute Gasteiger partial charge is 0.387 e. The van der Waals surface area contributed by atoms with E-state index in [0.29, 0.717) is 17.4 Å². The number of phosphoric acid groups is 1. The molecule has 8 nitrogen and oxygen atoms in total. The van der Waals surface area contributed by atoms with E-state index in [9.17, 15) is 19.4 Å². The van der Waals surface area contributed by atoms with Crippen LogP contribution in [-0.2, 0) is 18.4 Å². The van der Waals surface area contributed by atoms with Gasteiger partial charge in [0.15, 0.2) is 0 Å². The number of carbonyl (C=O) groups excluding carboxylic acids is 1.